The molecule has 0 spiro atoms. The number of halogens is 2. The summed E-state index contributed by atoms with van der Waals surface area (Å²) in [6.07, 6.45) is 0.849. The first-order valence-electron chi connectivity index (χ1n) is 5.41. The second-order valence-electron chi connectivity index (χ2n) is 3.84. The van der Waals surface area contributed by atoms with E-state index in [1.54, 1.807) is 30.0 Å². The average molecular weight is 276 g/mol. The predicted molar refractivity (Wildman–Crippen MR) is 71.2 cm³/mol. The molecular formula is C12H15Cl2NO2. The van der Waals surface area contributed by atoms with Gasteiger partial charge in [-0.25, -0.2) is 4.79 Å². The van der Waals surface area contributed by atoms with Gasteiger partial charge < -0.3 is 10.0 Å². The number of nitrogens with zero attached hydrogens (tertiary/aromatic N) is 1. The molecule has 94 valence electrons. The number of hydrogen-bond donors (Lipinski definition) is 1. The fraction of sp³-hybridized carbons (Fsp3) is 0.417. The number of benzene rings is 1. The highest BCUT2D eigenvalue weighted by atomic mass is 35.5. The minimum absolute atomic E-state index is 0.506. The van der Waals surface area contributed by atoms with E-state index in [1.165, 1.54) is 0 Å². The number of anilines is 1. The van der Waals surface area contributed by atoms with E-state index in [0.29, 0.717) is 16.6 Å². The Hall–Kier alpha value is -0.930. The van der Waals surface area contributed by atoms with E-state index in [-0.39, 0.29) is 0 Å². The Morgan fingerprint density at radius 3 is 2.29 bits per heavy atom. The number of carboxylic acid groups (broad SMARTS) is 1. The van der Waals surface area contributed by atoms with Gasteiger partial charge in [0.25, 0.3) is 0 Å². The van der Waals surface area contributed by atoms with Gasteiger partial charge in [-0.1, -0.05) is 30.1 Å². The number of hydrogen-bond acceptors (Lipinski definition) is 2. The van der Waals surface area contributed by atoms with Gasteiger partial charge in [-0.2, -0.15) is 0 Å². The zero-order chi connectivity index (χ0) is 13.0. The molecule has 0 saturated heterocycles. The number of rotatable bonds is 5. The monoisotopic (exact) mass is 275 g/mol. The summed E-state index contributed by atoms with van der Waals surface area (Å²) in [6, 6.07) is 4.47. The lowest BCUT2D eigenvalue weighted by Gasteiger charge is -2.28. The normalized spacial score (nSPS) is 12.2. The second kappa shape index (κ2) is 6.12. The molecule has 0 aromatic heterocycles. The van der Waals surface area contributed by atoms with Gasteiger partial charge in [-0.3, -0.25) is 0 Å². The van der Waals surface area contributed by atoms with Crippen molar-refractivity contribution in [2.75, 3.05) is 11.4 Å². The summed E-state index contributed by atoms with van der Waals surface area (Å²) < 4.78 is 0. The molecule has 0 saturated carbocycles. The lowest BCUT2D eigenvalue weighted by molar-refractivity contribution is -0.138. The Morgan fingerprint density at radius 1 is 1.35 bits per heavy atom. The van der Waals surface area contributed by atoms with Crippen molar-refractivity contribution in [1.82, 2.24) is 0 Å². The molecule has 1 atom stereocenters. The van der Waals surface area contributed by atoms with Crippen LogP contribution in [0.4, 0.5) is 5.69 Å². The Morgan fingerprint density at radius 2 is 1.88 bits per heavy atom. The fourth-order valence-corrected chi connectivity index (χ4v) is 2.14. The van der Waals surface area contributed by atoms with Crippen LogP contribution in [0.5, 0.6) is 0 Å². The molecular weight excluding hydrogens is 261 g/mol. The van der Waals surface area contributed by atoms with Gasteiger partial charge in [0, 0.05) is 22.3 Å². The average Bonchev–Trinajstić information content (AvgIpc) is 2.23. The van der Waals surface area contributed by atoms with Crippen molar-refractivity contribution < 1.29 is 9.90 Å². The highest BCUT2D eigenvalue weighted by Crippen LogP contribution is 2.27. The lowest BCUT2D eigenvalue weighted by Crippen LogP contribution is -2.39. The second-order valence-corrected chi connectivity index (χ2v) is 4.71. The Balaban J connectivity index is 3.08. The maximum absolute atomic E-state index is 11.1. The van der Waals surface area contributed by atoms with E-state index in [0.717, 1.165) is 12.1 Å². The van der Waals surface area contributed by atoms with Crippen molar-refractivity contribution in [2.45, 2.75) is 26.3 Å². The largest absolute Gasteiger partial charge is 0.480 e. The smallest absolute Gasteiger partial charge is 0.326 e. The van der Waals surface area contributed by atoms with Gasteiger partial charge in [0.05, 0.1) is 0 Å². The van der Waals surface area contributed by atoms with Gasteiger partial charge in [-0.05, 0) is 31.5 Å². The number of aliphatic carboxylic acids is 1. The maximum Gasteiger partial charge on any atom is 0.326 e. The molecule has 0 aliphatic rings. The van der Waals surface area contributed by atoms with E-state index in [1.807, 2.05) is 6.92 Å². The van der Waals surface area contributed by atoms with Gasteiger partial charge in [0.15, 0.2) is 0 Å². The van der Waals surface area contributed by atoms with E-state index in [9.17, 15) is 4.79 Å². The molecule has 3 nitrogen and oxygen atoms in total. The standard InChI is InChI=1S/C12H15Cl2NO2/c1-3-4-15(8(2)12(16)17)11-6-9(13)5-10(14)7-11/h5-8H,3-4H2,1-2H3,(H,16,17)/t8-/m0/s1. The van der Waals surface area contributed by atoms with Crippen molar-refractivity contribution in [3.63, 3.8) is 0 Å². The van der Waals surface area contributed by atoms with Crippen molar-refractivity contribution in [3.05, 3.63) is 28.2 Å². The molecule has 0 heterocycles. The molecule has 1 aromatic rings. The molecule has 0 unspecified atom stereocenters. The summed E-state index contributed by atoms with van der Waals surface area (Å²) >= 11 is 11.8. The molecule has 1 aromatic carbocycles. The van der Waals surface area contributed by atoms with Crippen molar-refractivity contribution in [2.24, 2.45) is 0 Å². The van der Waals surface area contributed by atoms with Crippen LogP contribution < -0.4 is 4.90 Å². The summed E-state index contributed by atoms with van der Waals surface area (Å²) in [6.45, 7) is 4.28. The molecule has 5 heteroatoms. The third kappa shape index (κ3) is 3.79. The van der Waals surface area contributed by atoms with Crippen LogP contribution >= 0.6 is 23.2 Å². The van der Waals surface area contributed by atoms with E-state index >= 15 is 0 Å². The zero-order valence-corrected chi connectivity index (χ0v) is 11.3. The lowest BCUT2D eigenvalue weighted by atomic mass is 10.2. The summed E-state index contributed by atoms with van der Waals surface area (Å²) in [7, 11) is 0. The molecule has 0 amide bonds. The van der Waals surface area contributed by atoms with Gasteiger partial charge in [0.2, 0.25) is 0 Å². The highest BCUT2D eigenvalue weighted by molar-refractivity contribution is 6.35. The predicted octanol–water partition coefficient (Wildman–Crippen LogP) is 3.68. The van der Waals surface area contributed by atoms with Crippen molar-refractivity contribution >= 4 is 34.9 Å². The first-order chi connectivity index (χ1) is 7.95. The number of carboxylic acids is 1. The third-order valence-corrected chi connectivity index (χ3v) is 2.90. The van der Waals surface area contributed by atoms with Gasteiger partial charge >= 0.3 is 5.97 Å². The van der Waals surface area contributed by atoms with E-state index in [4.69, 9.17) is 28.3 Å². The maximum atomic E-state index is 11.1. The molecule has 0 fully saturated rings. The molecule has 0 aliphatic heterocycles. The van der Waals surface area contributed by atoms with Crippen LogP contribution in [-0.4, -0.2) is 23.7 Å². The van der Waals surface area contributed by atoms with Crippen LogP contribution in [0, 0.1) is 0 Å². The fourth-order valence-electron chi connectivity index (χ4n) is 1.63. The first-order valence-corrected chi connectivity index (χ1v) is 6.16. The third-order valence-electron chi connectivity index (χ3n) is 2.47. The van der Waals surface area contributed by atoms with Crippen LogP contribution in [0.25, 0.3) is 0 Å². The number of carbonyl (C=O) groups is 1. The van der Waals surface area contributed by atoms with E-state index < -0.39 is 12.0 Å². The van der Waals surface area contributed by atoms with E-state index in [2.05, 4.69) is 0 Å². The van der Waals surface area contributed by atoms with Crippen molar-refractivity contribution in [1.29, 1.82) is 0 Å². The van der Waals surface area contributed by atoms with Gasteiger partial charge in [-0.15, -0.1) is 0 Å². The highest BCUT2D eigenvalue weighted by Gasteiger charge is 2.20. The van der Waals surface area contributed by atoms with Crippen LogP contribution in [0.15, 0.2) is 18.2 Å². The summed E-state index contributed by atoms with van der Waals surface area (Å²) in [5.74, 6) is -0.866. The van der Waals surface area contributed by atoms with Crippen LogP contribution in [0.3, 0.4) is 0 Å². The molecule has 0 aliphatic carbocycles. The SMILES string of the molecule is CCCN(c1cc(Cl)cc(Cl)c1)[C@@H](C)C(=O)O. The quantitative estimate of drug-likeness (QED) is 0.891. The minimum atomic E-state index is -0.866. The summed E-state index contributed by atoms with van der Waals surface area (Å²) in [5.41, 5.74) is 0.735. The van der Waals surface area contributed by atoms with Crippen LogP contribution in [0.1, 0.15) is 20.3 Å². The Bertz CT molecular complexity index is 389. The Labute approximate surface area is 111 Å². The molecule has 0 radical (unpaired) electrons. The molecule has 17 heavy (non-hydrogen) atoms. The zero-order valence-electron chi connectivity index (χ0n) is 9.78. The summed E-state index contributed by atoms with van der Waals surface area (Å²) in [4.78, 5) is 12.8. The van der Waals surface area contributed by atoms with Crippen LogP contribution in [-0.2, 0) is 4.79 Å². The summed E-state index contributed by atoms with van der Waals surface area (Å²) in [5, 5.41) is 10.1. The van der Waals surface area contributed by atoms with Crippen LogP contribution in [0.2, 0.25) is 10.0 Å². The molecule has 1 N–H and O–H groups in total. The first kappa shape index (κ1) is 14.1. The van der Waals surface area contributed by atoms with Gasteiger partial charge in [0.1, 0.15) is 6.04 Å². The molecule has 0 bridgehead atoms. The minimum Gasteiger partial charge on any atom is -0.480 e. The molecule has 1 rings (SSSR count). The Kier molecular flexibility index (Phi) is 5.09. The topological polar surface area (TPSA) is 40.5 Å². The van der Waals surface area contributed by atoms with Crippen molar-refractivity contribution in [3.8, 4) is 0 Å².